The molecular formula is C22H21N3OS. The number of carbonyl (C=O) groups is 1. The smallest absolute Gasteiger partial charge is 0.178 e. The molecule has 0 amide bonds. The van der Waals surface area contributed by atoms with Crippen LogP contribution in [0.2, 0.25) is 0 Å². The number of aromatic amines is 1. The Labute approximate surface area is 161 Å². The lowest BCUT2D eigenvalue weighted by atomic mass is 9.98. The highest BCUT2D eigenvalue weighted by molar-refractivity contribution is 7.18. The third-order valence-electron chi connectivity index (χ3n) is 5.42. The highest BCUT2D eigenvalue weighted by atomic mass is 32.1. The third-order valence-corrected chi connectivity index (χ3v) is 6.62. The number of thiazole rings is 1. The van der Waals surface area contributed by atoms with Gasteiger partial charge in [0.25, 0.3) is 0 Å². The number of ketones is 1. The molecule has 1 N–H and O–H groups in total. The van der Waals surface area contributed by atoms with Crippen molar-refractivity contribution in [2.24, 2.45) is 0 Å². The minimum absolute atomic E-state index is 0.192. The van der Waals surface area contributed by atoms with Crippen LogP contribution in [0.25, 0.3) is 21.1 Å². The Bertz CT molecular complexity index is 1080. The van der Waals surface area contributed by atoms with Gasteiger partial charge in [0, 0.05) is 35.1 Å². The number of Topliss-reactive ketones (excluding diaryl/α,β-unsaturated/α-hetero) is 1. The van der Waals surface area contributed by atoms with Crippen LogP contribution in [0.1, 0.15) is 34.1 Å². The van der Waals surface area contributed by atoms with Crippen molar-refractivity contribution >= 4 is 38.2 Å². The minimum Gasteiger partial charge on any atom is -0.360 e. The van der Waals surface area contributed by atoms with Crippen molar-refractivity contribution in [3.05, 3.63) is 65.3 Å². The Kier molecular flexibility index (Phi) is 4.26. The summed E-state index contributed by atoms with van der Waals surface area (Å²) in [4.78, 5) is 23.2. The van der Waals surface area contributed by atoms with Crippen LogP contribution in [-0.2, 0) is 0 Å². The van der Waals surface area contributed by atoms with Crippen molar-refractivity contribution in [3.8, 4) is 0 Å². The van der Waals surface area contributed by atoms with Crippen molar-refractivity contribution in [2.75, 3.05) is 19.6 Å². The Morgan fingerprint density at radius 3 is 2.96 bits per heavy atom. The first-order chi connectivity index (χ1) is 13.3. The second-order valence-corrected chi connectivity index (χ2v) is 8.33. The fourth-order valence-corrected chi connectivity index (χ4v) is 5.15. The first-order valence-electron chi connectivity index (χ1n) is 9.45. The van der Waals surface area contributed by atoms with Gasteiger partial charge < -0.3 is 4.98 Å². The van der Waals surface area contributed by atoms with Crippen molar-refractivity contribution in [2.45, 2.75) is 18.8 Å². The van der Waals surface area contributed by atoms with Crippen LogP contribution in [0.15, 0.2) is 54.7 Å². The molecule has 4 nitrogen and oxygen atoms in total. The van der Waals surface area contributed by atoms with Gasteiger partial charge in [0.05, 0.1) is 21.8 Å². The van der Waals surface area contributed by atoms with E-state index in [0.29, 0.717) is 12.5 Å². The molecule has 136 valence electrons. The molecule has 0 bridgehead atoms. The van der Waals surface area contributed by atoms with Crippen LogP contribution < -0.4 is 0 Å². The molecule has 0 unspecified atom stereocenters. The van der Waals surface area contributed by atoms with Gasteiger partial charge in [0.2, 0.25) is 0 Å². The summed E-state index contributed by atoms with van der Waals surface area (Å²) in [6, 6.07) is 16.3. The maximum atomic E-state index is 12.9. The molecule has 2 aromatic heterocycles. The minimum atomic E-state index is 0.192. The molecule has 3 heterocycles. The Morgan fingerprint density at radius 1 is 1.19 bits per heavy atom. The van der Waals surface area contributed by atoms with Gasteiger partial charge in [-0.05, 0) is 37.6 Å². The predicted molar refractivity (Wildman–Crippen MR) is 111 cm³/mol. The molecule has 2 aromatic carbocycles. The predicted octanol–water partition coefficient (Wildman–Crippen LogP) is 4.84. The Morgan fingerprint density at radius 2 is 2.04 bits per heavy atom. The summed E-state index contributed by atoms with van der Waals surface area (Å²) < 4.78 is 1.25. The largest absolute Gasteiger partial charge is 0.360 e. The van der Waals surface area contributed by atoms with Gasteiger partial charge in [0.15, 0.2) is 5.78 Å². The van der Waals surface area contributed by atoms with E-state index in [1.807, 2.05) is 36.5 Å². The average molecular weight is 375 g/mol. The lowest BCUT2D eigenvalue weighted by molar-refractivity contribution is 0.0908. The number of likely N-dealkylation sites (tertiary alicyclic amines) is 1. The molecular weight excluding hydrogens is 354 g/mol. The van der Waals surface area contributed by atoms with Crippen LogP contribution in [0.4, 0.5) is 0 Å². The van der Waals surface area contributed by atoms with Crippen molar-refractivity contribution < 1.29 is 4.79 Å². The second-order valence-electron chi connectivity index (χ2n) is 7.27. The number of H-pyrrole nitrogens is 1. The first kappa shape index (κ1) is 16.7. The number of benzene rings is 2. The van der Waals surface area contributed by atoms with E-state index in [1.165, 1.54) is 9.71 Å². The Balaban J connectivity index is 1.33. The average Bonchev–Trinajstić information content (AvgIpc) is 3.32. The maximum absolute atomic E-state index is 12.9. The molecule has 1 aliphatic rings. The molecule has 27 heavy (non-hydrogen) atoms. The highest BCUT2D eigenvalue weighted by Gasteiger charge is 2.26. The summed E-state index contributed by atoms with van der Waals surface area (Å²) in [5, 5.41) is 2.22. The lowest BCUT2D eigenvalue weighted by Gasteiger charge is -2.31. The number of hydrogen-bond donors (Lipinski definition) is 1. The topological polar surface area (TPSA) is 49.0 Å². The molecule has 5 rings (SSSR count). The molecule has 1 fully saturated rings. The second kappa shape index (κ2) is 6.91. The van der Waals surface area contributed by atoms with Crippen LogP contribution in [0.5, 0.6) is 0 Å². The normalized spacial score (nSPS) is 18.3. The van der Waals surface area contributed by atoms with Crippen LogP contribution in [0, 0.1) is 0 Å². The molecule has 1 aliphatic heterocycles. The number of rotatable bonds is 4. The third kappa shape index (κ3) is 3.17. The number of carbonyl (C=O) groups excluding carboxylic acids is 1. The van der Waals surface area contributed by atoms with Gasteiger partial charge in [-0.1, -0.05) is 30.3 Å². The van der Waals surface area contributed by atoms with Crippen LogP contribution >= 0.6 is 11.3 Å². The molecule has 0 saturated carbocycles. The summed E-state index contributed by atoms with van der Waals surface area (Å²) in [6.07, 6.45) is 4.11. The monoisotopic (exact) mass is 375 g/mol. The van der Waals surface area contributed by atoms with E-state index in [2.05, 4.69) is 28.1 Å². The molecule has 0 spiro atoms. The fourth-order valence-electron chi connectivity index (χ4n) is 4.06. The van der Waals surface area contributed by atoms with Gasteiger partial charge >= 0.3 is 0 Å². The molecule has 0 aliphatic carbocycles. The van der Waals surface area contributed by atoms with E-state index in [9.17, 15) is 4.79 Å². The zero-order chi connectivity index (χ0) is 18.2. The number of para-hydroxylation sites is 2. The number of aromatic nitrogens is 2. The van der Waals surface area contributed by atoms with E-state index in [-0.39, 0.29) is 5.78 Å². The molecule has 4 aromatic rings. The van der Waals surface area contributed by atoms with E-state index in [4.69, 9.17) is 4.98 Å². The quantitative estimate of drug-likeness (QED) is 0.519. The summed E-state index contributed by atoms with van der Waals surface area (Å²) in [6.45, 7) is 2.37. The molecule has 5 heteroatoms. The van der Waals surface area contributed by atoms with Gasteiger partial charge in [0.1, 0.15) is 0 Å². The maximum Gasteiger partial charge on any atom is 0.178 e. The van der Waals surface area contributed by atoms with Gasteiger partial charge in [-0.15, -0.1) is 11.3 Å². The number of nitrogens with zero attached hydrogens (tertiary/aromatic N) is 2. The van der Waals surface area contributed by atoms with E-state index in [0.717, 1.165) is 47.9 Å². The molecule has 1 saturated heterocycles. The summed E-state index contributed by atoms with van der Waals surface area (Å²) in [7, 11) is 0. The SMILES string of the molecule is O=C(CN1CCC[C@@H](c2nc3ccccc3s2)C1)c1c[nH]c2ccccc12. The molecule has 1 atom stereocenters. The summed E-state index contributed by atoms with van der Waals surface area (Å²) in [5.41, 5.74) is 2.91. The summed E-state index contributed by atoms with van der Waals surface area (Å²) >= 11 is 1.80. The fraction of sp³-hybridized carbons (Fsp3) is 0.273. The summed E-state index contributed by atoms with van der Waals surface area (Å²) in [5.74, 6) is 0.615. The zero-order valence-corrected chi connectivity index (χ0v) is 15.8. The molecule has 0 radical (unpaired) electrons. The number of piperidine rings is 1. The van der Waals surface area contributed by atoms with Crippen molar-refractivity contribution in [1.82, 2.24) is 14.9 Å². The standard InChI is InChI=1S/C22H21N3OS/c26-20(17-12-23-18-8-2-1-7-16(17)18)14-25-11-5-6-15(13-25)22-24-19-9-3-4-10-21(19)27-22/h1-4,7-10,12,15,23H,5-6,11,13-14H2/t15-/m1/s1. The lowest BCUT2D eigenvalue weighted by Crippen LogP contribution is -2.38. The van der Waals surface area contributed by atoms with Crippen molar-refractivity contribution in [3.63, 3.8) is 0 Å². The number of fused-ring (bicyclic) bond motifs is 2. The highest BCUT2D eigenvalue weighted by Crippen LogP contribution is 2.33. The van der Waals surface area contributed by atoms with Gasteiger partial charge in [-0.2, -0.15) is 0 Å². The van der Waals surface area contributed by atoms with E-state index >= 15 is 0 Å². The van der Waals surface area contributed by atoms with Gasteiger partial charge in [-0.3, -0.25) is 9.69 Å². The van der Waals surface area contributed by atoms with Crippen LogP contribution in [-0.4, -0.2) is 40.3 Å². The van der Waals surface area contributed by atoms with Gasteiger partial charge in [-0.25, -0.2) is 4.98 Å². The van der Waals surface area contributed by atoms with Crippen LogP contribution in [0.3, 0.4) is 0 Å². The van der Waals surface area contributed by atoms with E-state index < -0.39 is 0 Å². The Hall–Kier alpha value is -2.50. The number of hydrogen-bond acceptors (Lipinski definition) is 4. The number of nitrogens with one attached hydrogen (secondary N) is 1. The first-order valence-corrected chi connectivity index (χ1v) is 10.3. The van der Waals surface area contributed by atoms with Crippen molar-refractivity contribution in [1.29, 1.82) is 0 Å². The zero-order valence-electron chi connectivity index (χ0n) is 15.0. The van der Waals surface area contributed by atoms with E-state index in [1.54, 1.807) is 11.3 Å².